The van der Waals surface area contributed by atoms with E-state index in [2.05, 4.69) is 17.1 Å². The first-order chi connectivity index (χ1) is 9.58. The SMILES string of the molecule is CC[C@H]1C[C@H](NC(N)=O)CCN1Cc1ccc(O)cc1. The quantitative estimate of drug-likeness (QED) is 0.785. The molecule has 2 rings (SSSR count). The maximum Gasteiger partial charge on any atom is 0.312 e. The van der Waals surface area contributed by atoms with Crippen LogP contribution in [0.3, 0.4) is 0 Å². The summed E-state index contributed by atoms with van der Waals surface area (Å²) in [4.78, 5) is 13.4. The van der Waals surface area contributed by atoms with Gasteiger partial charge in [-0.05, 0) is 37.0 Å². The summed E-state index contributed by atoms with van der Waals surface area (Å²) in [5.41, 5.74) is 6.39. The molecule has 0 aromatic heterocycles. The van der Waals surface area contributed by atoms with Crippen molar-refractivity contribution in [3.8, 4) is 5.75 Å². The number of hydrogen-bond acceptors (Lipinski definition) is 3. The van der Waals surface area contributed by atoms with Crippen molar-refractivity contribution in [1.29, 1.82) is 0 Å². The number of aromatic hydroxyl groups is 1. The summed E-state index contributed by atoms with van der Waals surface area (Å²) in [6.07, 6.45) is 2.92. The Kier molecular flexibility index (Phi) is 4.84. The van der Waals surface area contributed by atoms with Crippen LogP contribution in [-0.2, 0) is 6.54 Å². The smallest absolute Gasteiger partial charge is 0.312 e. The van der Waals surface area contributed by atoms with Crippen LogP contribution in [-0.4, -0.2) is 34.7 Å². The molecule has 1 aliphatic rings. The van der Waals surface area contributed by atoms with Crippen LogP contribution in [0.2, 0.25) is 0 Å². The van der Waals surface area contributed by atoms with Crippen molar-refractivity contribution in [2.45, 2.75) is 44.8 Å². The second-order valence-electron chi connectivity index (χ2n) is 5.43. The van der Waals surface area contributed by atoms with Gasteiger partial charge in [-0.1, -0.05) is 19.1 Å². The molecule has 0 spiro atoms. The Morgan fingerprint density at radius 1 is 1.45 bits per heavy atom. The number of carbonyl (C=O) groups excluding carboxylic acids is 1. The van der Waals surface area contributed by atoms with E-state index in [1.54, 1.807) is 12.1 Å². The van der Waals surface area contributed by atoms with Gasteiger partial charge in [-0.3, -0.25) is 4.90 Å². The predicted octanol–water partition coefficient (Wildman–Crippen LogP) is 1.80. The number of nitrogens with zero attached hydrogens (tertiary/aromatic N) is 1. The van der Waals surface area contributed by atoms with Crippen molar-refractivity contribution >= 4 is 6.03 Å². The number of benzene rings is 1. The van der Waals surface area contributed by atoms with Gasteiger partial charge in [-0.15, -0.1) is 0 Å². The highest BCUT2D eigenvalue weighted by atomic mass is 16.3. The van der Waals surface area contributed by atoms with E-state index in [1.807, 2.05) is 12.1 Å². The van der Waals surface area contributed by atoms with E-state index in [0.29, 0.717) is 11.8 Å². The van der Waals surface area contributed by atoms with Crippen molar-refractivity contribution in [3.05, 3.63) is 29.8 Å². The number of amides is 2. The number of rotatable bonds is 4. The molecule has 1 aromatic rings. The minimum Gasteiger partial charge on any atom is -0.508 e. The predicted molar refractivity (Wildman–Crippen MR) is 78.3 cm³/mol. The lowest BCUT2D eigenvalue weighted by atomic mass is 9.95. The van der Waals surface area contributed by atoms with Gasteiger partial charge in [0.25, 0.3) is 0 Å². The molecule has 110 valence electrons. The van der Waals surface area contributed by atoms with Gasteiger partial charge in [0.1, 0.15) is 5.75 Å². The third-order valence-electron chi connectivity index (χ3n) is 3.98. The average molecular weight is 277 g/mol. The van der Waals surface area contributed by atoms with E-state index in [1.165, 1.54) is 5.56 Å². The minimum absolute atomic E-state index is 0.188. The molecule has 20 heavy (non-hydrogen) atoms. The Hall–Kier alpha value is -1.75. The van der Waals surface area contributed by atoms with E-state index >= 15 is 0 Å². The fraction of sp³-hybridized carbons (Fsp3) is 0.533. The molecule has 5 nitrogen and oxygen atoms in total. The van der Waals surface area contributed by atoms with Gasteiger partial charge in [-0.2, -0.15) is 0 Å². The Labute approximate surface area is 119 Å². The molecule has 1 saturated heterocycles. The van der Waals surface area contributed by atoms with Crippen molar-refractivity contribution in [3.63, 3.8) is 0 Å². The third kappa shape index (κ3) is 3.87. The van der Waals surface area contributed by atoms with Crippen molar-refractivity contribution in [1.82, 2.24) is 10.2 Å². The van der Waals surface area contributed by atoms with Crippen LogP contribution in [0.5, 0.6) is 5.75 Å². The standard InChI is InChI=1S/C15H23N3O2/c1-2-13-9-12(17-15(16)20)7-8-18(13)10-11-3-5-14(19)6-4-11/h3-6,12-13,19H,2,7-10H2,1H3,(H3,16,17,20)/t12-,13+/m1/s1. The van der Waals surface area contributed by atoms with Crippen LogP contribution in [0.1, 0.15) is 31.7 Å². The van der Waals surface area contributed by atoms with Crippen LogP contribution in [0.15, 0.2) is 24.3 Å². The van der Waals surface area contributed by atoms with Gasteiger partial charge in [0, 0.05) is 25.2 Å². The Balaban J connectivity index is 1.95. The number of primary amides is 1. The van der Waals surface area contributed by atoms with Gasteiger partial charge in [0.15, 0.2) is 0 Å². The van der Waals surface area contributed by atoms with Gasteiger partial charge in [0.05, 0.1) is 0 Å². The van der Waals surface area contributed by atoms with Crippen LogP contribution in [0.4, 0.5) is 4.79 Å². The topological polar surface area (TPSA) is 78.6 Å². The van der Waals surface area contributed by atoms with Crippen LogP contribution in [0.25, 0.3) is 0 Å². The second-order valence-corrected chi connectivity index (χ2v) is 5.43. The molecule has 1 aliphatic heterocycles. The fourth-order valence-electron chi connectivity index (χ4n) is 2.90. The molecule has 0 bridgehead atoms. The lowest BCUT2D eigenvalue weighted by Crippen LogP contribution is -2.50. The number of hydrogen-bond donors (Lipinski definition) is 3. The highest BCUT2D eigenvalue weighted by molar-refractivity contribution is 5.71. The van der Waals surface area contributed by atoms with Crippen LogP contribution < -0.4 is 11.1 Å². The molecule has 0 unspecified atom stereocenters. The number of phenolic OH excluding ortho intramolecular Hbond substituents is 1. The molecule has 1 fully saturated rings. The molecule has 5 heteroatoms. The van der Waals surface area contributed by atoms with Gasteiger partial charge in [-0.25, -0.2) is 4.79 Å². The van der Waals surface area contributed by atoms with E-state index in [-0.39, 0.29) is 6.04 Å². The van der Waals surface area contributed by atoms with Gasteiger partial charge >= 0.3 is 6.03 Å². The third-order valence-corrected chi connectivity index (χ3v) is 3.98. The Bertz CT molecular complexity index is 447. The average Bonchev–Trinajstić information content (AvgIpc) is 2.42. The van der Waals surface area contributed by atoms with Crippen LogP contribution >= 0.6 is 0 Å². The molecule has 4 N–H and O–H groups in total. The first-order valence-corrected chi connectivity index (χ1v) is 7.16. The number of nitrogens with two attached hydrogens (primary N) is 1. The molecule has 0 radical (unpaired) electrons. The molecule has 0 aliphatic carbocycles. The maximum absolute atomic E-state index is 10.9. The lowest BCUT2D eigenvalue weighted by molar-refractivity contribution is 0.116. The number of piperidine rings is 1. The van der Waals surface area contributed by atoms with E-state index < -0.39 is 6.03 Å². The van der Waals surface area contributed by atoms with Crippen LogP contribution in [0, 0.1) is 0 Å². The normalized spacial score (nSPS) is 23.4. The van der Waals surface area contributed by atoms with Gasteiger partial charge < -0.3 is 16.2 Å². The van der Waals surface area contributed by atoms with Crippen molar-refractivity contribution in [2.24, 2.45) is 5.73 Å². The zero-order valence-electron chi connectivity index (χ0n) is 11.9. The summed E-state index contributed by atoms with van der Waals surface area (Å²) in [7, 11) is 0. The van der Waals surface area contributed by atoms with Crippen molar-refractivity contribution < 1.29 is 9.90 Å². The number of carbonyl (C=O) groups is 1. The minimum atomic E-state index is -0.433. The summed E-state index contributed by atoms with van der Waals surface area (Å²) in [5.74, 6) is 0.296. The van der Waals surface area contributed by atoms with Crippen molar-refractivity contribution in [2.75, 3.05) is 6.54 Å². The highest BCUT2D eigenvalue weighted by Crippen LogP contribution is 2.23. The molecule has 1 heterocycles. The summed E-state index contributed by atoms with van der Waals surface area (Å²) >= 11 is 0. The largest absolute Gasteiger partial charge is 0.508 e. The molecule has 1 aromatic carbocycles. The first kappa shape index (κ1) is 14.7. The Morgan fingerprint density at radius 3 is 2.75 bits per heavy atom. The summed E-state index contributed by atoms with van der Waals surface area (Å²) in [5, 5.41) is 12.1. The highest BCUT2D eigenvalue weighted by Gasteiger charge is 2.27. The summed E-state index contributed by atoms with van der Waals surface area (Å²) in [6.45, 7) is 3.99. The number of urea groups is 1. The molecular weight excluding hydrogens is 254 g/mol. The second kappa shape index (κ2) is 6.61. The number of nitrogens with one attached hydrogen (secondary N) is 1. The van der Waals surface area contributed by atoms with E-state index in [9.17, 15) is 9.90 Å². The number of phenols is 1. The van der Waals surface area contributed by atoms with Gasteiger partial charge in [0.2, 0.25) is 0 Å². The molecular formula is C15H23N3O2. The monoisotopic (exact) mass is 277 g/mol. The zero-order chi connectivity index (χ0) is 14.5. The molecule has 0 saturated carbocycles. The lowest BCUT2D eigenvalue weighted by Gasteiger charge is -2.39. The summed E-state index contributed by atoms with van der Waals surface area (Å²) < 4.78 is 0. The van der Waals surface area contributed by atoms with E-state index in [4.69, 9.17) is 5.73 Å². The fourth-order valence-corrected chi connectivity index (χ4v) is 2.90. The molecule has 2 amide bonds. The molecule has 2 atom stereocenters. The Morgan fingerprint density at radius 2 is 2.15 bits per heavy atom. The first-order valence-electron chi connectivity index (χ1n) is 7.16. The van der Waals surface area contributed by atoms with E-state index in [0.717, 1.165) is 32.4 Å². The maximum atomic E-state index is 10.9. The number of likely N-dealkylation sites (tertiary alicyclic amines) is 1. The summed E-state index contributed by atoms with van der Waals surface area (Å²) in [6, 6.07) is 7.56. The zero-order valence-corrected chi connectivity index (χ0v) is 11.9.